The normalized spacial score (nSPS) is 25.3. The van der Waals surface area contributed by atoms with E-state index in [1.165, 1.54) is 16.2 Å². The monoisotopic (exact) mass is 440 g/mol. The molecule has 5 heterocycles. The van der Waals surface area contributed by atoms with Crippen molar-refractivity contribution in [3.63, 3.8) is 0 Å². The first-order valence-electron chi connectivity index (χ1n) is 10.3. The quantitative estimate of drug-likeness (QED) is 0.568. The SMILES string of the molecule is O=C(Nc1nccs1)[C@H]1CN2CC[C@@H]1C[C@@H]2Cn1cc(CSc2ccccc2)nn1. The van der Waals surface area contributed by atoms with E-state index >= 15 is 0 Å². The maximum absolute atomic E-state index is 12.7. The van der Waals surface area contributed by atoms with Crippen molar-refractivity contribution >= 4 is 34.1 Å². The molecule has 3 saturated heterocycles. The fraction of sp³-hybridized carbons (Fsp3) is 0.429. The predicted molar refractivity (Wildman–Crippen MR) is 118 cm³/mol. The highest BCUT2D eigenvalue weighted by Gasteiger charge is 2.43. The van der Waals surface area contributed by atoms with Crippen molar-refractivity contribution in [3.8, 4) is 0 Å². The van der Waals surface area contributed by atoms with Crippen LogP contribution in [-0.2, 0) is 17.1 Å². The average Bonchev–Trinajstić information content (AvgIpc) is 3.45. The standard InChI is InChI=1S/C21H24N6OS2/c28-20(23-21-22-7-9-29-21)19-13-26-8-6-15(19)10-17(26)12-27-11-16(24-25-27)14-30-18-4-2-1-3-5-18/h1-5,7,9,11,15,17,19H,6,8,10,12-14H2,(H,22,23,28)/t15-,17-,19+/m1/s1. The fourth-order valence-electron chi connectivity index (χ4n) is 4.49. The molecule has 3 fully saturated rings. The second kappa shape index (κ2) is 8.87. The van der Waals surface area contributed by atoms with Crippen molar-refractivity contribution in [3.05, 3.63) is 53.8 Å². The summed E-state index contributed by atoms with van der Waals surface area (Å²) in [5.74, 6) is 1.41. The summed E-state index contributed by atoms with van der Waals surface area (Å²) in [5.41, 5.74) is 1.00. The van der Waals surface area contributed by atoms with Crippen molar-refractivity contribution in [1.82, 2.24) is 24.9 Å². The van der Waals surface area contributed by atoms with Gasteiger partial charge in [-0.1, -0.05) is 23.4 Å². The Kier molecular flexibility index (Phi) is 5.83. The highest BCUT2D eigenvalue weighted by atomic mass is 32.2. The zero-order valence-electron chi connectivity index (χ0n) is 16.6. The van der Waals surface area contributed by atoms with Crippen LogP contribution >= 0.6 is 23.1 Å². The summed E-state index contributed by atoms with van der Waals surface area (Å²) < 4.78 is 1.97. The molecule has 3 aliphatic rings. The van der Waals surface area contributed by atoms with Gasteiger partial charge in [-0.05, 0) is 37.4 Å². The molecule has 9 heteroatoms. The summed E-state index contributed by atoms with van der Waals surface area (Å²) >= 11 is 3.24. The second-order valence-corrected chi connectivity index (χ2v) is 9.84. The summed E-state index contributed by atoms with van der Waals surface area (Å²) in [4.78, 5) is 20.6. The van der Waals surface area contributed by atoms with Gasteiger partial charge in [0.1, 0.15) is 0 Å². The Morgan fingerprint density at radius 2 is 2.20 bits per heavy atom. The fourth-order valence-corrected chi connectivity index (χ4v) is 5.82. The van der Waals surface area contributed by atoms with Gasteiger partial charge in [0.05, 0.1) is 18.2 Å². The minimum Gasteiger partial charge on any atom is -0.302 e. The summed E-state index contributed by atoms with van der Waals surface area (Å²) in [7, 11) is 0. The van der Waals surface area contributed by atoms with Crippen LogP contribution in [0.5, 0.6) is 0 Å². The predicted octanol–water partition coefficient (Wildman–Crippen LogP) is 3.38. The summed E-state index contributed by atoms with van der Waals surface area (Å²) in [6.07, 6.45) is 5.90. The number of aromatic nitrogens is 4. The van der Waals surface area contributed by atoms with Crippen LogP contribution in [-0.4, -0.2) is 49.9 Å². The number of piperidine rings is 3. The van der Waals surface area contributed by atoms with Crippen molar-refractivity contribution in [1.29, 1.82) is 0 Å². The Balaban J connectivity index is 1.16. The van der Waals surface area contributed by atoms with Crippen LogP contribution in [0.1, 0.15) is 18.5 Å². The number of thiazole rings is 1. The molecule has 1 amide bonds. The van der Waals surface area contributed by atoms with E-state index < -0.39 is 0 Å². The van der Waals surface area contributed by atoms with E-state index in [4.69, 9.17) is 0 Å². The number of carbonyl (C=O) groups is 1. The molecule has 6 rings (SSSR count). The van der Waals surface area contributed by atoms with Gasteiger partial charge in [0.2, 0.25) is 5.91 Å². The van der Waals surface area contributed by atoms with Crippen LogP contribution in [0.4, 0.5) is 5.13 Å². The van der Waals surface area contributed by atoms with E-state index in [0.717, 1.165) is 43.9 Å². The lowest BCUT2D eigenvalue weighted by molar-refractivity contribution is -0.127. The summed E-state index contributed by atoms with van der Waals surface area (Å²) in [6, 6.07) is 10.8. The maximum atomic E-state index is 12.7. The largest absolute Gasteiger partial charge is 0.302 e. The molecule has 0 spiro atoms. The summed E-state index contributed by atoms with van der Waals surface area (Å²) in [5, 5.41) is 14.3. The molecule has 2 aromatic heterocycles. The van der Waals surface area contributed by atoms with Crippen LogP contribution in [0.3, 0.4) is 0 Å². The Morgan fingerprint density at radius 3 is 2.97 bits per heavy atom. The average molecular weight is 441 g/mol. The first-order chi connectivity index (χ1) is 14.7. The number of nitrogens with zero attached hydrogens (tertiary/aromatic N) is 5. The van der Waals surface area contributed by atoms with Gasteiger partial charge in [0, 0.05) is 41.0 Å². The number of benzene rings is 1. The molecule has 0 radical (unpaired) electrons. The molecule has 156 valence electrons. The number of nitrogens with one attached hydrogen (secondary N) is 1. The minimum absolute atomic E-state index is 0.0486. The van der Waals surface area contributed by atoms with E-state index in [1.54, 1.807) is 18.0 Å². The second-order valence-electron chi connectivity index (χ2n) is 7.90. The van der Waals surface area contributed by atoms with Gasteiger partial charge in [-0.25, -0.2) is 4.98 Å². The number of thioether (sulfide) groups is 1. The summed E-state index contributed by atoms with van der Waals surface area (Å²) in [6.45, 7) is 2.71. The van der Waals surface area contributed by atoms with Crippen LogP contribution in [0.15, 0.2) is 53.0 Å². The Labute approximate surface area is 183 Å². The van der Waals surface area contributed by atoms with E-state index in [9.17, 15) is 4.79 Å². The minimum atomic E-state index is 0.0486. The van der Waals surface area contributed by atoms with Crippen molar-refractivity contribution in [2.75, 3.05) is 18.4 Å². The third-order valence-electron chi connectivity index (χ3n) is 5.99. The first kappa shape index (κ1) is 19.7. The molecule has 0 saturated carbocycles. The third-order valence-corrected chi connectivity index (χ3v) is 7.73. The van der Waals surface area contributed by atoms with Crippen molar-refractivity contribution < 1.29 is 4.79 Å². The van der Waals surface area contributed by atoms with Crippen LogP contribution in [0.2, 0.25) is 0 Å². The molecule has 7 nitrogen and oxygen atoms in total. The molecule has 30 heavy (non-hydrogen) atoms. The lowest BCUT2D eigenvalue weighted by Gasteiger charge is -2.49. The van der Waals surface area contributed by atoms with Gasteiger partial charge in [0.15, 0.2) is 5.13 Å². The highest BCUT2D eigenvalue weighted by Crippen LogP contribution is 2.37. The molecule has 1 N–H and O–H groups in total. The van der Waals surface area contributed by atoms with Crippen LogP contribution in [0, 0.1) is 11.8 Å². The smallest absolute Gasteiger partial charge is 0.230 e. The molecule has 3 aliphatic heterocycles. The Hall–Kier alpha value is -2.23. The van der Waals surface area contributed by atoms with Gasteiger partial charge in [0.25, 0.3) is 0 Å². The number of rotatable bonds is 7. The van der Waals surface area contributed by atoms with E-state index in [0.29, 0.717) is 17.1 Å². The van der Waals surface area contributed by atoms with Crippen LogP contribution < -0.4 is 5.32 Å². The zero-order valence-corrected chi connectivity index (χ0v) is 18.2. The van der Waals surface area contributed by atoms with Gasteiger partial charge < -0.3 is 5.32 Å². The molecule has 1 unspecified atom stereocenters. The van der Waals surface area contributed by atoms with Crippen LogP contribution in [0.25, 0.3) is 0 Å². The lowest BCUT2D eigenvalue weighted by atomic mass is 9.75. The molecular formula is C21H24N6OS2. The zero-order chi connectivity index (χ0) is 20.3. The first-order valence-corrected chi connectivity index (χ1v) is 12.1. The molecule has 1 aromatic carbocycles. The molecular weight excluding hydrogens is 416 g/mol. The van der Waals surface area contributed by atoms with Gasteiger partial charge in [-0.15, -0.1) is 28.2 Å². The molecule has 4 atom stereocenters. The highest BCUT2D eigenvalue weighted by molar-refractivity contribution is 7.98. The Bertz CT molecular complexity index is 977. The topological polar surface area (TPSA) is 75.9 Å². The van der Waals surface area contributed by atoms with Gasteiger partial charge in [-0.2, -0.15) is 0 Å². The number of hydrogen-bond acceptors (Lipinski definition) is 7. The van der Waals surface area contributed by atoms with E-state index in [1.807, 2.05) is 16.1 Å². The lowest BCUT2D eigenvalue weighted by Crippen LogP contribution is -2.57. The van der Waals surface area contributed by atoms with E-state index in [2.05, 4.69) is 56.0 Å². The molecule has 2 bridgehead atoms. The molecule has 0 aliphatic carbocycles. The number of hydrogen-bond donors (Lipinski definition) is 1. The van der Waals surface area contributed by atoms with Crippen molar-refractivity contribution in [2.45, 2.75) is 36.1 Å². The number of amides is 1. The number of carbonyl (C=O) groups excluding carboxylic acids is 1. The van der Waals surface area contributed by atoms with Gasteiger partial charge >= 0.3 is 0 Å². The van der Waals surface area contributed by atoms with E-state index in [-0.39, 0.29) is 11.8 Å². The number of fused-ring (bicyclic) bond motifs is 3. The Morgan fingerprint density at radius 1 is 1.30 bits per heavy atom. The van der Waals surface area contributed by atoms with Gasteiger partial charge in [-0.3, -0.25) is 14.4 Å². The number of anilines is 1. The molecule has 3 aromatic rings. The maximum Gasteiger partial charge on any atom is 0.230 e. The van der Waals surface area contributed by atoms with Crippen molar-refractivity contribution in [2.24, 2.45) is 11.8 Å². The third kappa shape index (κ3) is 4.43.